The molecule has 1 amide bonds. The lowest BCUT2D eigenvalue weighted by Crippen LogP contribution is -2.11. The summed E-state index contributed by atoms with van der Waals surface area (Å²) in [6.07, 6.45) is 0. The number of aromatic amines is 1. The first-order chi connectivity index (χ1) is 9.54. The van der Waals surface area contributed by atoms with E-state index in [0.717, 1.165) is 22.2 Å². The van der Waals surface area contributed by atoms with Gasteiger partial charge in [-0.15, -0.1) is 0 Å². The zero-order chi connectivity index (χ0) is 14.3. The summed E-state index contributed by atoms with van der Waals surface area (Å²) < 4.78 is 4.92. The van der Waals surface area contributed by atoms with Crippen molar-refractivity contribution in [1.29, 1.82) is 0 Å². The van der Waals surface area contributed by atoms with Crippen LogP contribution in [0.5, 0.6) is 0 Å². The number of fused-ring (bicyclic) bond motifs is 1. The van der Waals surface area contributed by atoms with E-state index in [1.54, 1.807) is 19.1 Å². The second-order valence-corrected chi connectivity index (χ2v) is 4.91. The fourth-order valence-electron chi connectivity index (χ4n) is 2.22. The van der Waals surface area contributed by atoms with Crippen LogP contribution in [-0.2, 0) is 0 Å². The molecule has 0 unspecified atom stereocenters. The fraction of sp³-hybridized carbons (Fsp3) is 0.200. The third kappa shape index (κ3) is 2.07. The summed E-state index contributed by atoms with van der Waals surface area (Å²) in [7, 11) is 0. The second kappa shape index (κ2) is 4.52. The number of nitrogens with zero attached hydrogens (tertiary/aromatic N) is 1. The summed E-state index contributed by atoms with van der Waals surface area (Å²) in [4.78, 5) is 15.5. The maximum absolute atomic E-state index is 12.2. The number of carbonyl (C=O) groups excluding carboxylic acids is 1. The standard InChI is InChI=1S/C15H15N3O2/c1-8-6-14(18-20-8)17-15(19)11-4-5-13-12(7-11)9(2)10(3)16-13/h4-7,16H,1-3H3,(H,17,18,19). The molecule has 0 saturated carbocycles. The van der Waals surface area contributed by atoms with E-state index in [2.05, 4.69) is 15.5 Å². The predicted octanol–water partition coefficient (Wildman–Crippen LogP) is 3.33. The van der Waals surface area contributed by atoms with Crippen molar-refractivity contribution in [1.82, 2.24) is 10.1 Å². The fourth-order valence-corrected chi connectivity index (χ4v) is 2.22. The first-order valence-corrected chi connectivity index (χ1v) is 6.38. The molecule has 0 aliphatic carbocycles. The van der Waals surface area contributed by atoms with Gasteiger partial charge in [-0.2, -0.15) is 0 Å². The first kappa shape index (κ1) is 12.5. The molecule has 5 heteroatoms. The number of aromatic nitrogens is 2. The van der Waals surface area contributed by atoms with Crippen molar-refractivity contribution in [3.63, 3.8) is 0 Å². The van der Waals surface area contributed by atoms with Gasteiger partial charge in [-0.3, -0.25) is 4.79 Å². The number of carbonyl (C=O) groups is 1. The van der Waals surface area contributed by atoms with Crippen LogP contribution in [0, 0.1) is 20.8 Å². The largest absolute Gasteiger partial charge is 0.360 e. The topological polar surface area (TPSA) is 70.9 Å². The highest BCUT2D eigenvalue weighted by atomic mass is 16.5. The molecule has 0 spiro atoms. The number of aryl methyl sites for hydroxylation is 3. The number of benzene rings is 1. The van der Waals surface area contributed by atoms with Gasteiger partial charge in [0.2, 0.25) is 0 Å². The van der Waals surface area contributed by atoms with Crippen LogP contribution in [0.1, 0.15) is 27.4 Å². The van der Waals surface area contributed by atoms with Gasteiger partial charge in [0.15, 0.2) is 5.82 Å². The zero-order valence-corrected chi connectivity index (χ0v) is 11.6. The molecule has 5 nitrogen and oxygen atoms in total. The van der Waals surface area contributed by atoms with Crippen molar-refractivity contribution in [3.05, 3.63) is 46.8 Å². The quantitative estimate of drug-likeness (QED) is 0.749. The molecule has 0 saturated heterocycles. The molecule has 0 aliphatic rings. The van der Waals surface area contributed by atoms with Crippen LogP contribution in [-0.4, -0.2) is 16.0 Å². The Balaban J connectivity index is 1.93. The molecule has 20 heavy (non-hydrogen) atoms. The number of H-pyrrole nitrogens is 1. The number of anilines is 1. The number of rotatable bonds is 2. The molecule has 2 heterocycles. The maximum atomic E-state index is 12.2. The lowest BCUT2D eigenvalue weighted by Gasteiger charge is -2.02. The average Bonchev–Trinajstić information content (AvgIpc) is 2.94. The van der Waals surface area contributed by atoms with Crippen LogP contribution in [0.3, 0.4) is 0 Å². The SMILES string of the molecule is Cc1cc(NC(=O)c2ccc3[nH]c(C)c(C)c3c2)no1. The molecule has 0 aliphatic heterocycles. The van der Waals surface area contributed by atoms with E-state index in [9.17, 15) is 4.79 Å². The van der Waals surface area contributed by atoms with Gasteiger partial charge in [-0.05, 0) is 44.5 Å². The van der Waals surface area contributed by atoms with Gasteiger partial charge in [-0.25, -0.2) is 0 Å². The van der Waals surface area contributed by atoms with Crippen LogP contribution in [0.2, 0.25) is 0 Å². The average molecular weight is 269 g/mol. The lowest BCUT2D eigenvalue weighted by molar-refractivity contribution is 0.102. The molecule has 0 radical (unpaired) electrons. The Kier molecular flexibility index (Phi) is 2.82. The highest BCUT2D eigenvalue weighted by Crippen LogP contribution is 2.22. The van der Waals surface area contributed by atoms with Crippen molar-refractivity contribution in [2.75, 3.05) is 5.32 Å². The summed E-state index contributed by atoms with van der Waals surface area (Å²) >= 11 is 0. The minimum atomic E-state index is -0.196. The third-order valence-corrected chi connectivity index (χ3v) is 3.44. The van der Waals surface area contributed by atoms with E-state index in [1.807, 2.05) is 26.0 Å². The van der Waals surface area contributed by atoms with E-state index < -0.39 is 0 Å². The summed E-state index contributed by atoms with van der Waals surface area (Å²) in [5, 5.41) is 7.53. The minimum absolute atomic E-state index is 0.196. The highest BCUT2D eigenvalue weighted by Gasteiger charge is 2.11. The van der Waals surface area contributed by atoms with Gasteiger partial charge in [-0.1, -0.05) is 5.16 Å². The summed E-state index contributed by atoms with van der Waals surface area (Å²) in [6, 6.07) is 7.27. The molecule has 3 rings (SSSR count). The number of hydrogen-bond donors (Lipinski definition) is 2. The lowest BCUT2D eigenvalue weighted by atomic mass is 10.1. The molecule has 2 N–H and O–H groups in total. The minimum Gasteiger partial charge on any atom is -0.360 e. The Morgan fingerprint density at radius 1 is 1.25 bits per heavy atom. The van der Waals surface area contributed by atoms with Crippen molar-refractivity contribution in [2.45, 2.75) is 20.8 Å². The Morgan fingerprint density at radius 3 is 2.75 bits per heavy atom. The van der Waals surface area contributed by atoms with Gasteiger partial charge in [0, 0.05) is 28.2 Å². The number of nitrogens with one attached hydrogen (secondary N) is 2. The Hall–Kier alpha value is -2.56. The van der Waals surface area contributed by atoms with Gasteiger partial charge in [0.1, 0.15) is 5.76 Å². The molecule has 0 atom stereocenters. The van der Waals surface area contributed by atoms with E-state index in [4.69, 9.17) is 4.52 Å². The molecule has 102 valence electrons. The predicted molar refractivity (Wildman–Crippen MR) is 77.0 cm³/mol. The molecule has 1 aromatic carbocycles. The van der Waals surface area contributed by atoms with Crippen molar-refractivity contribution in [3.8, 4) is 0 Å². The summed E-state index contributed by atoms with van der Waals surface area (Å²) in [6.45, 7) is 5.84. The van der Waals surface area contributed by atoms with E-state index in [1.165, 1.54) is 0 Å². The molecular weight excluding hydrogens is 254 g/mol. The summed E-state index contributed by atoms with van der Waals surface area (Å²) in [5.74, 6) is 0.890. The molecular formula is C15H15N3O2. The molecule has 2 aromatic heterocycles. The van der Waals surface area contributed by atoms with Crippen LogP contribution in [0.4, 0.5) is 5.82 Å². The van der Waals surface area contributed by atoms with Gasteiger partial charge < -0.3 is 14.8 Å². The monoisotopic (exact) mass is 269 g/mol. The number of amides is 1. The smallest absolute Gasteiger partial charge is 0.256 e. The summed E-state index contributed by atoms with van der Waals surface area (Å²) in [5.41, 5.74) is 3.91. The molecule has 3 aromatic rings. The Labute approximate surface area is 116 Å². The highest BCUT2D eigenvalue weighted by molar-refractivity contribution is 6.06. The molecule has 0 bridgehead atoms. The molecule has 0 fully saturated rings. The normalized spacial score (nSPS) is 10.9. The van der Waals surface area contributed by atoms with Gasteiger partial charge >= 0.3 is 0 Å². The van der Waals surface area contributed by atoms with Crippen molar-refractivity contribution < 1.29 is 9.32 Å². The maximum Gasteiger partial charge on any atom is 0.256 e. The van der Waals surface area contributed by atoms with Gasteiger partial charge in [0.25, 0.3) is 5.91 Å². The van der Waals surface area contributed by atoms with Crippen molar-refractivity contribution >= 4 is 22.6 Å². The van der Waals surface area contributed by atoms with E-state index in [0.29, 0.717) is 17.1 Å². The van der Waals surface area contributed by atoms with Crippen LogP contribution < -0.4 is 5.32 Å². The zero-order valence-electron chi connectivity index (χ0n) is 11.6. The van der Waals surface area contributed by atoms with Gasteiger partial charge in [0.05, 0.1) is 0 Å². The number of hydrogen-bond acceptors (Lipinski definition) is 3. The van der Waals surface area contributed by atoms with Crippen molar-refractivity contribution in [2.24, 2.45) is 0 Å². The van der Waals surface area contributed by atoms with E-state index in [-0.39, 0.29) is 5.91 Å². The Bertz CT molecular complexity index is 799. The second-order valence-electron chi connectivity index (χ2n) is 4.91. The first-order valence-electron chi connectivity index (χ1n) is 6.38. The Morgan fingerprint density at radius 2 is 2.05 bits per heavy atom. The third-order valence-electron chi connectivity index (χ3n) is 3.44. The van der Waals surface area contributed by atoms with Crippen LogP contribution in [0.25, 0.3) is 10.9 Å². The van der Waals surface area contributed by atoms with E-state index >= 15 is 0 Å². The van der Waals surface area contributed by atoms with Crippen LogP contribution in [0.15, 0.2) is 28.8 Å². The van der Waals surface area contributed by atoms with Crippen LogP contribution >= 0.6 is 0 Å².